The first-order chi connectivity index (χ1) is 10.1. The summed E-state index contributed by atoms with van der Waals surface area (Å²) in [6.45, 7) is 0. The van der Waals surface area contributed by atoms with Crippen LogP contribution in [0.4, 0.5) is 5.69 Å². The van der Waals surface area contributed by atoms with Gasteiger partial charge >= 0.3 is 11.3 Å². The van der Waals surface area contributed by atoms with Gasteiger partial charge in [-0.25, -0.2) is 9.78 Å². The summed E-state index contributed by atoms with van der Waals surface area (Å²) in [6.07, 6.45) is 1.39. The summed E-state index contributed by atoms with van der Waals surface area (Å²) in [7, 11) is 0. The number of pyridine rings is 1. The maximum atomic E-state index is 11.2. The van der Waals surface area contributed by atoms with E-state index in [0.717, 1.165) is 5.39 Å². The monoisotopic (exact) mass is 284 g/mol. The van der Waals surface area contributed by atoms with Crippen molar-refractivity contribution in [2.24, 2.45) is 0 Å². The number of rotatable bonds is 3. The summed E-state index contributed by atoms with van der Waals surface area (Å²) >= 11 is 0. The summed E-state index contributed by atoms with van der Waals surface area (Å²) in [5, 5.41) is 11.6. The summed E-state index contributed by atoms with van der Waals surface area (Å²) < 4.78 is 10.4. The largest absolute Gasteiger partial charge is 0.434 e. The average molecular weight is 284 g/mol. The van der Waals surface area contributed by atoms with E-state index in [1.807, 2.05) is 0 Å². The molecule has 0 N–H and O–H groups in total. The molecule has 2 heterocycles. The van der Waals surface area contributed by atoms with E-state index in [2.05, 4.69) is 4.98 Å². The maximum Gasteiger partial charge on any atom is 0.336 e. The molecule has 3 aromatic rings. The highest BCUT2D eigenvalue weighted by Crippen LogP contribution is 2.29. The minimum absolute atomic E-state index is 0.125. The Balaban J connectivity index is 2.02. The fraction of sp³-hybridized carbons (Fsp3) is 0. The fourth-order valence-corrected chi connectivity index (χ4v) is 1.82. The molecule has 0 atom stereocenters. The lowest BCUT2D eigenvalue weighted by Gasteiger charge is -2.05. The SMILES string of the molecule is O=c1ccc2ccc(Oc3ncccc3[N+](=O)[O-])cc2o1. The second-order valence-corrected chi connectivity index (χ2v) is 4.14. The van der Waals surface area contributed by atoms with Crippen molar-refractivity contribution in [2.75, 3.05) is 0 Å². The van der Waals surface area contributed by atoms with Crippen molar-refractivity contribution < 1.29 is 14.1 Å². The van der Waals surface area contributed by atoms with Crippen LogP contribution in [0.1, 0.15) is 0 Å². The van der Waals surface area contributed by atoms with Crippen molar-refractivity contribution in [3.05, 3.63) is 69.2 Å². The predicted octanol–water partition coefficient (Wildman–Crippen LogP) is 2.89. The van der Waals surface area contributed by atoms with Crippen LogP contribution in [0.5, 0.6) is 11.6 Å². The molecule has 3 rings (SSSR count). The van der Waals surface area contributed by atoms with E-state index < -0.39 is 10.5 Å². The quantitative estimate of drug-likeness (QED) is 0.417. The maximum absolute atomic E-state index is 11.2. The summed E-state index contributed by atoms with van der Waals surface area (Å²) in [4.78, 5) is 25.3. The predicted molar refractivity (Wildman–Crippen MR) is 73.4 cm³/mol. The van der Waals surface area contributed by atoms with Gasteiger partial charge in [0.05, 0.1) is 4.92 Å². The molecule has 0 spiro atoms. The Morgan fingerprint density at radius 2 is 2.00 bits per heavy atom. The highest BCUT2D eigenvalue weighted by atomic mass is 16.6. The molecule has 0 radical (unpaired) electrons. The minimum Gasteiger partial charge on any atom is -0.434 e. The van der Waals surface area contributed by atoms with Gasteiger partial charge in [0.25, 0.3) is 5.88 Å². The number of fused-ring (bicyclic) bond motifs is 1. The molecule has 0 saturated carbocycles. The van der Waals surface area contributed by atoms with E-state index in [1.54, 1.807) is 18.2 Å². The molecular weight excluding hydrogens is 276 g/mol. The molecule has 0 aliphatic carbocycles. The third-order valence-corrected chi connectivity index (χ3v) is 2.76. The van der Waals surface area contributed by atoms with Crippen LogP contribution in [-0.4, -0.2) is 9.91 Å². The molecule has 2 aromatic heterocycles. The fourth-order valence-electron chi connectivity index (χ4n) is 1.82. The van der Waals surface area contributed by atoms with E-state index in [0.29, 0.717) is 11.3 Å². The van der Waals surface area contributed by atoms with Gasteiger partial charge in [-0.3, -0.25) is 10.1 Å². The second kappa shape index (κ2) is 5.04. The van der Waals surface area contributed by atoms with Gasteiger partial charge in [-0.1, -0.05) is 0 Å². The van der Waals surface area contributed by atoms with E-state index in [9.17, 15) is 14.9 Å². The molecule has 0 aliphatic heterocycles. The summed E-state index contributed by atoms with van der Waals surface area (Å²) in [5.74, 6) is 0.166. The zero-order valence-electron chi connectivity index (χ0n) is 10.6. The van der Waals surface area contributed by atoms with Crippen molar-refractivity contribution >= 4 is 16.7 Å². The van der Waals surface area contributed by atoms with Crippen LogP contribution in [0.15, 0.2) is 57.9 Å². The van der Waals surface area contributed by atoms with Crippen molar-refractivity contribution in [3.63, 3.8) is 0 Å². The molecule has 0 aliphatic rings. The Labute approximate surface area is 117 Å². The van der Waals surface area contributed by atoms with Gasteiger partial charge in [-0.2, -0.15) is 0 Å². The molecule has 7 heteroatoms. The second-order valence-electron chi connectivity index (χ2n) is 4.14. The van der Waals surface area contributed by atoms with Gasteiger partial charge < -0.3 is 9.15 Å². The van der Waals surface area contributed by atoms with Gasteiger partial charge in [0.2, 0.25) is 0 Å². The smallest absolute Gasteiger partial charge is 0.336 e. The van der Waals surface area contributed by atoms with Crippen molar-refractivity contribution in [3.8, 4) is 11.6 Å². The Bertz CT molecular complexity index is 888. The van der Waals surface area contributed by atoms with Crippen LogP contribution in [0.3, 0.4) is 0 Å². The summed E-state index contributed by atoms with van der Waals surface area (Å²) in [5.41, 5.74) is -0.394. The topological polar surface area (TPSA) is 95.5 Å². The van der Waals surface area contributed by atoms with E-state index in [1.165, 1.54) is 30.5 Å². The Morgan fingerprint density at radius 3 is 2.81 bits per heavy atom. The Morgan fingerprint density at radius 1 is 1.19 bits per heavy atom. The van der Waals surface area contributed by atoms with Crippen LogP contribution in [0.25, 0.3) is 11.0 Å². The number of nitrogens with zero attached hydrogens (tertiary/aromatic N) is 2. The van der Waals surface area contributed by atoms with Crippen LogP contribution >= 0.6 is 0 Å². The molecule has 0 bridgehead atoms. The molecule has 0 unspecified atom stereocenters. The van der Waals surface area contributed by atoms with Gasteiger partial charge in [0.1, 0.15) is 11.3 Å². The average Bonchev–Trinajstić information content (AvgIpc) is 2.47. The van der Waals surface area contributed by atoms with Gasteiger partial charge in [0, 0.05) is 29.8 Å². The first kappa shape index (κ1) is 12.8. The number of benzene rings is 1. The highest BCUT2D eigenvalue weighted by Gasteiger charge is 2.16. The standard InChI is InChI=1S/C14H8N2O5/c17-13-6-4-9-3-5-10(8-12(9)21-13)20-14-11(16(18)19)2-1-7-15-14/h1-8H. The molecule has 21 heavy (non-hydrogen) atoms. The van der Waals surface area contributed by atoms with Crippen molar-refractivity contribution in [1.82, 2.24) is 4.98 Å². The van der Waals surface area contributed by atoms with Gasteiger partial charge in [-0.05, 0) is 24.3 Å². The Kier molecular flexibility index (Phi) is 3.07. The van der Waals surface area contributed by atoms with Crippen molar-refractivity contribution in [1.29, 1.82) is 0 Å². The molecule has 0 saturated heterocycles. The first-order valence-corrected chi connectivity index (χ1v) is 5.95. The van der Waals surface area contributed by atoms with Gasteiger partial charge in [-0.15, -0.1) is 0 Å². The number of hydrogen-bond donors (Lipinski definition) is 0. The van der Waals surface area contributed by atoms with E-state index in [4.69, 9.17) is 9.15 Å². The number of ether oxygens (including phenoxy) is 1. The lowest BCUT2D eigenvalue weighted by molar-refractivity contribution is -0.386. The summed E-state index contributed by atoms with van der Waals surface area (Å²) in [6, 6.07) is 10.5. The van der Waals surface area contributed by atoms with E-state index in [-0.39, 0.29) is 11.6 Å². The molecular formula is C14H8N2O5. The van der Waals surface area contributed by atoms with Crippen LogP contribution in [0.2, 0.25) is 0 Å². The lowest BCUT2D eigenvalue weighted by atomic mass is 10.2. The van der Waals surface area contributed by atoms with Crippen LogP contribution in [-0.2, 0) is 0 Å². The first-order valence-electron chi connectivity index (χ1n) is 5.95. The third-order valence-electron chi connectivity index (χ3n) is 2.76. The number of nitro groups is 1. The van der Waals surface area contributed by atoms with Gasteiger partial charge in [0.15, 0.2) is 0 Å². The minimum atomic E-state index is -0.580. The molecule has 1 aromatic carbocycles. The zero-order chi connectivity index (χ0) is 14.8. The lowest BCUT2D eigenvalue weighted by Crippen LogP contribution is -1.96. The van der Waals surface area contributed by atoms with E-state index >= 15 is 0 Å². The Hall–Kier alpha value is -3.22. The highest BCUT2D eigenvalue weighted by molar-refractivity contribution is 5.77. The molecule has 104 valence electrons. The molecule has 0 fully saturated rings. The molecule has 7 nitrogen and oxygen atoms in total. The third kappa shape index (κ3) is 2.57. The molecule has 0 amide bonds. The number of aromatic nitrogens is 1. The van der Waals surface area contributed by atoms with Crippen molar-refractivity contribution in [2.45, 2.75) is 0 Å². The normalized spacial score (nSPS) is 10.5. The number of hydrogen-bond acceptors (Lipinski definition) is 6. The van der Waals surface area contributed by atoms with Crippen LogP contribution in [0, 0.1) is 10.1 Å². The zero-order valence-corrected chi connectivity index (χ0v) is 10.6. The van der Waals surface area contributed by atoms with Crippen LogP contribution < -0.4 is 10.4 Å².